The Bertz CT molecular complexity index is 1240. The molecule has 2 heterocycles. The zero-order chi connectivity index (χ0) is 28.7. The summed E-state index contributed by atoms with van der Waals surface area (Å²) < 4.78 is 15.6. The molecule has 1 saturated heterocycles. The number of piperazine rings is 1. The largest absolute Gasteiger partial charge is 0.464 e. The lowest BCUT2D eigenvalue weighted by Gasteiger charge is -2.40. The third-order valence-electron chi connectivity index (χ3n) is 6.62. The molecule has 4 rings (SSSR count). The van der Waals surface area contributed by atoms with E-state index in [1.807, 2.05) is 36.4 Å². The predicted octanol–water partition coefficient (Wildman–Crippen LogP) is 3.83. The van der Waals surface area contributed by atoms with Gasteiger partial charge in [-0.25, -0.2) is 14.6 Å². The number of nitrogens with zero attached hydrogens (tertiary/aromatic N) is 3. The molecule has 1 atom stereocenters. The van der Waals surface area contributed by atoms with E-state index in [1.165, 1.54) is 18.2 Å². The highest BCUT2D eigenvalue weighted by Gasteiger charge is 2.34. The molecule has 1 fully saturated rings. The number of esters is 1. The van der Waals surface area contributed by atoms with Crippen molar-refractivity contribution in [1.29, 1.82) is 0 Å². The number of alkyl carbamates (subject to hydrolysis) is 1. The van der Waals surface area contributed by atoms with Crippen LogP contribution in [-0.4, -0.2) is 77.7 Å². The van der Waals surface area contributed by atoms with Crippen molar-refractivity contribution < 1.29 is 28.3 Å². The summed E-state index contributed by atoms with van der Waals surface area (Å²) in [5.41, 5.74) is 1.57. The SMILES string of the molecule is COC(=O)c1ncoc1C[C@H](NC(=O)OC(C)(C)C)C(=O)N1CCN(C(c2ccccc2)c2ccccc2)CC1. The number of carbonyl (C=O) groups is 3. The first kappa shape index (κ1) is 28.8. The molecule has 0 saturated carbocycles. The summed E-state index contributed by atoms with van der Waals surface area (Å²) in [7, 11) is 1.24. The van der Waals surface area contributed by atoms with Crippen LogP contribution in [0.25, 0.3) is 0 Å². The van der Waals surface area contributed by atoms with Gasteiger partial charge in [-0.1, -0.05) is 60.7 Å². The van der Waals surface area contributed by atoms with E-state index in [2.05, 4.69) is 39.5 Å². The first-order valence-corrected chi connectivity index (χ1v) is 13.3. The zero-order valence-corrected chi connectivity index (χ0v) is 23.3. The minimum Gasteiger partial charge on any atom is -0.464 e. The molecule has 0 bridgehead atoms. The number of oxazole rings is 1. The van der Waals surface area contributed by atoms with Gasteiger partial charge in [-0.3, -0.25) is 9.69 Å². The Morgan fingerprint density at radius 1 is 0.950 bits per heavy atom. The first-order chi connectivity index (χ1) is 19.2. The topological polar surface area (TPSA) is 114 Å². The van der Waals surface area contributed by atoms with E-state index in [0.29, 0.717) is 26.2 Å². The number of hydrogen-bond acceptors (Lipinski definition) is 8. The molecule has 0 aliphatic carbocycles. The van der Waals surface area contributed by atoms with Crippen LogP contribution >= 0.6 is 0 Å². The second kappa shape index (κ2) is 12.8. The maximum absolute atomic E-state index is 13.8. The van der Waals surface area contributed by atoms with Crippen molar-refractivity contribution in [2.45, 2.75) is 44.9 Å². The molecule has 40 heavy (non-hydrogen) atoms. The number of rotatable bonds is 8. The Morgan fingerprint density at radius 3 is 2.05 bits per heavy atom. The number of nitrogens with one attached hydrogen (secondary N) is 1. The van der Waals surface area contributed by atoms with Gasteiger partial charge in [0.1, 0.15) is 17.4 Å². The van der Waals surface area contributed by atoms with E-state index in [1.54, 1.807) is 25.7 Å². The summed E-state index contributed by atoms with van der Waals surface area (Å²) >= 11 is 0. The Balaban J connectivity index is 1.51. The summed E-state index contributed by atoms with van der Waals surface area (Å²) in [6.07, 6.45) is 0.291. The summed E-state index contributed by atoms with van der Waals surface area (Å²) in [5.74, 6) is -0.837. The van der Waals surface area contributed by atoms with Crippen LogP contribution in [0.15, 0.2) is 71.5 Å². The van der Waals surface area contributed by atoms with Gasteiger partial charge >= 0.3 is 12.1 Å². The minimum absolute atomic E-state index is 0.0373. The maximum Gasteiger partial charge on any atom is 0.408 e. The molecular formula is C30H36N4O6. The molecular weight excluding hydrogens is 512 g/mol. The van der Waals surface area contributed by atoms with Gasteiger partial charge in [-0.2, -0.15) is 0 Å². The van der Waals surface area contributed by atoms with Crippen LogP contribution in [0.4, 0.5) is 4.79 Å². The van der Waals surface area contributed by atoms with E-state index >= 15 is 0 Å². The lowest BCUT2D eigenvalue weighted by molar-refractivity contribution is -0.135. The maximum atomic E-state index is 13.8. The summed E-state index contributed by atoms with van der Waals surface area (Å²) in [5, 5.41) is 2.67. The Hall–Kier alpha value is -4.18. The van der Waals surface area contributed by atoms with Gasteiger partial charge in [0.2, 0.25) is 5.91 Å². The summed E-state index contributed by atoms with van der Waals surface area (Å²) in [6.45, 7) is 7.41. The highest BCUT2D eigenvalue weighted by atomic mass is 16.6. The van der Waals surface area contributed by atoms with E-state index in [9.17, 15) is 14.4 Å². The van der Waals surface area contributed by atoms with Crippen molar-refractivity contribution in [3.8, 4) is 0 Å². The fourth-order valence-electron chi connectivity index (χ4n) is 4.82. The Kier molecular flexibility index (Phi) is 9.21. The van der Waals surface area contributed by atoms with Crippen molar-refractivity contribution in [3.63, 3.8) is 0 Å². The van der Waals surface area contributed by atoms with Crippen molar-refractivity contribution in [2.75, 3.05) is 33.3 Å². The van der Waals surface area contributed by atoms with E-state index in [0.717, 1.165) is 6.39 Å². The average Bonchev–Trinajstić information content (AvgIpc) is 3.41. The molecule has 0 radical (unpaired) electrons. The number of ether oxygens (including phenoxy) is 2. The van der Waals surface area contributed by atoms with Crippen LogP contribution in [0, 0.1) is 0 Å². The van der Waals surface area contributed by atoms with E-state index in [-0.39, 0.29) is 29.8 Å². The number of hydrogen-bond donors (Lipinski definition) is 1. The summed E-state index contributed by atoms with van der Waals surface area (Å²) in [4.78, 5) is 46.6. The van der Waals surface area contributed by atoms with E-state index in [4.69, 9.17) is 13.9 Å². The molecule has 1 N–H and O–H groups in total. The molecule has 1 aliphatic rings. The fraction of sp³-hybridized carbons (Fsp3) is 0.400. The third kappa shape index (κ3) is 7.26. The van der Waals surface area contributed by atoms with Crippen LogP contribution in [-0.2, 0) is 20.7 Å². The third-order valence-corrected chi connectivity index (χ3v) is 6.62. The second-order valence-electron chi connectivity index (χ2n) is 10.6. The molecule has 10 nitrogen and oxygen atoms in total. The average molecular weight is 549 g/mol. The zero-order valence-electron chi connectivity index (χ0n) is 23.3. The van der Waals surface area contributed by atoms with Gasteiger partial charge in [0, 0.05) is 32.6 Å². The lowest BCUT2D eigenvalue weighted by Crippen LogP contribution is -2.56. The van der Waals surface area contributed by atoms with Crippen LogP contribution in [0.1, 0.15) is 54.2 Å². The van der Waals surface area contributed by atoms with Gasteiger partial charge in [0.15, 0.2) is 12.1 Å². The van der Waals surface area contributed by atoms with Crippen LogP contribution in [0.2, 0.25) is 0 Å². The van der Waals surface area contributed by atoms with Crippen molar-refractivity contribution >= 4 is 18.0 Å². The monoisotopic (exact) mass is 548 g/mol. The smallest absolute Gasteiger partial charge is 0.408 e. The number of benzene rings is 2. The van der Waals surface area contributed by atoms with Crippen LogP contribution in [0.3, 0.4) is 0 Å². The first-order valence-electron chi connectivity index (χ1n) is 13.3. The molecule has 0 spiro atoms. The number of carbonyl (C=O) groups excluding carboxylic acids is 3. The minimum atomic E-state index is -1.03. The Labute approximate surface area is 234 Å². The van der Waals surface area contributed by atoms with Crippen molar-refractivity contribution in [3.05, 3.63) is 89.6 Å². The Morgan fingerprint density at radius 2 is 1.52 bits per heavy atom. The van der Waals surface area contributed by atoms with Crippen molar-refractivity contribution in [2.24, 2.45) is 0 Å². The summed E-state index contributed by atoms with van der Waals surface area (Å²) in [6, 6.07) is 19.6. The number of methoxy groups -OCH3 is 1. The molecule has 10 heteroatoms. The molecule has 212 valence electrons. The van der Waals surface area contributed by atoms with Gasteiger partial charge in [0.05, 0.1) is 13.2 Å². The van der Waals surface area contributed by atoms with Gasteiger partial charge in [-0.15, -0.1) is 0 Å². The predicted molar refractivity (Wildman–Crippen MR) is 148 cm³/mol. The molecule has 2 amide bonds. The standard InChI is InChI=1S/C30H36N4O6/c1-30(2,3)40-29(37)32-23(19-24-25(28(36)38-4)31-20-39-24)27(35)34-17-15-33(16-18-34)26(21-11-7-5-8-12-21)22-13-9-6-10-14-22/h5-14,20,23,26H,15-19H2,1-4H3,(H,32,37)/t23-/m0/s1. The molecule has 1 aliphatic heterocycles. The highest BCUT2D eigenvalue weighted by Crippen LogP contribution is 2.29. The molecule has 0 unspecified atom stereocenters. The quantitative estimate of drug-likeness (QED) is 0.423. The fourth-order valence-corrected chi connectivity index (χ4v) is 4.82. The van der Waals surface area contributed by atoms with Gasteiger partial charge < -0.3 is 24.1 Å². The molecule has 3 aromatic rings. The molecule has 1 aromatic heterocycles. The number of amides is 2. The normalized spacial score (nSPS) is 15.0. The number of aromatic nitrogens is 1. The lowest BCUT2D eigenvalue weighted by atomic mass is 9.96. The van der Waals surface area contributed by atoms with E-state index < -0.39 is 23.7 Å². The molecule has 2 aromatic carbocycles. The second-order valence-corrected chi connectivity index (χ2v) is 10.6. The van der Waals surface area contributed by atoms with Crippen LogP contribution in [0.5, 0.6) is 0 Å². The van der Waals surface area contributed by atoms with Gasteiger partial charge in [0.25, 0.3) is 0 Å². The van der Waals surface area contributed by atoms with Gasteiger partial charge in [-0.05, 0) is 31.9 Å². The van der Waals surface area contributed by atoms with Crippen molar-refractivity contribution in [1.82, 2.24) is 20.1 Å². The van der Waals surface area contributed by atoms with Crippen LogP contribution < -0.4 is 5.32 Å². The highest BCUT2D eigenvalue weighted by molar-refractivity contribution is 5.89.